The summed E-state index contributed by atoms with van der Waals surface area (Å²) in [6.45, 7) is 14.2. The summed E-state index contributed by atoms with van der Waals surface area (Å²) in [4.78, 5) is 129. The minimum absolute atomic E-state index is 0.00426. The average Bonchev–Trinajstić information content (AvgIpc) is 1.59. The molecule has 0 aliphatic carbocycles. The number of unbranched alkanes of at least 4 members (excludes halogenated alkanes) is 2. The van der Waals surface area contributed by atoms with Gasteiger partial charge in [-0.15, -0.1) is 0 Å². The standard InChI is InChI=1S/C64H81N9O16S/c1-35(2)56(69-54(75)29-64(7,8)89-38(5)30-66-53(74)18-19-70-55(76)28-52(90)62(70)82)58(78)67-39(6)57(77)68-41-16-14-40(15-17-41)34-88-63(83)73-46-27-51(49(85-10)25-44(46)60(80)72-33-37(4)23-47(72)61(73)81)87-21-13-11-12-20-86-50-26-45-43(24-48(50)84-9)59(79)71-32-36(3)22-42(71)31-65-45/h14-17,24-27,31-33,35,38-39,42,47,52,56,61,81,90H,11-13,18-23,28-30,34H2,1-10H3,(H,66,74)(H,67,78)(H,68,77)(H,69,75)/t38?,39-,42-,47-,52?,56?,61-/m0/s1. The maximum absolute atomic E-state index is 14.3. The number of carbonyl (C=O) groups is 9. The molecule has 25 nitrogen and oxygen atoms in total. The van der Waals surface area contributed by atoms with E-state index in [0.717, 1.165) is 27.4 Å². The molecule has 0 saturated carbocycles. The molecule has 0 bridgehead atoms. The second kappa shape index (κ2) is 29.4. The first-order chi connectivity index (χ1) is 42.7. The number of amides is 9. The van der Waals surface area contributed by atoms with E-state index >= 15 is 0 Å². The summed E-state index contributed by atoms with van der Waals surface area (Å²) >= 11 is 4.10. The van der Waals surface area contributed by atoms with Crippen molar-refractivity contribution in [3.63, 3.8) is 0 Å². The van der Waals surface area contributed by atoms with Crippen LogP contribution in [0.25, 0.3) is 0 Å². The van der Waals surface area contributed by atoms with Crippen molar-refractivity contribution in [3.05, 3.63) is 88.8 Å². The van der Waals surface area contributed by atoms with Gasteiger partial charge in [-0.25, -0.2) is 9.69 Å². The molecule has 5 heterocycles. The highest BCUT2D eigenvalue weighted by Gasteiger charge is 2.45. The molecule has 8 rings (SSSR count). The third kappa shape index (κ3) is 16.3. The van der Waals surface area contributed by atoms with Gasteiger partial charge >= 0.3 is 6.09 Å². The Hall–Kier alpha value is -8.49. The van der Waals surface area contributed by atoms with E-state index in [1.54, 1.807) is 88.3 Å². The average molecular weight is 1260 g/mol. The van der Waals surface area contributed by atoms with Crippen molar-refractivity contribution >= 4 is 89.3 Å². The van der Waals surface area contributed by atoms with Gasteiger partial charge in [0.05, 0.1) is 85.4 Å². The zero-order chi connectivity index (χ0) is 65.3. The van der Waals surface area contributed by atoms with Gasteiger partial charge in [-0.3, -0.25) is 48.2 Å². The van der Waals surface area contributed by atoms with Crippen LogP contribution in [0.3, 0.4) is 0 Å². The summed E-state index contributed by atoms with van der Waals surface area (Å²) in [7, 11) is 2.95. The number of hydrogen-bond acceptors (Lipinski definition) is 18. The lowest BCUT2D eigenvalue weighted by atomic mass is 10.00. The number of benzene rings is 3. The number of carbonyl (C=O) groups excluding carboxylic acids is 9. The minimum atomic E-state index is -1.53. The van der Waals surface area contributed by atoms with Gasteiger partial charge in [0.1, 0.15) is 18.7 Å². The molecule has 5 aliphatic rings. The third-order valence-electron chi connectivity index (χ3n) is 15.8. The number of ether oxygens (including phenoxy) is 6. The molecule has 0 radical (unpaired) electrons. The predicted octanol–water partition coefficient (Wildman–Crippen LogP) is 6.48. The molecule has 26 heteroatoms. The fourth-order valence-electron chi connectivity index (χ4n) is 11.2. The molecule has 0 aromatic heterocycles. The van der Waals surface area contributed by atoms with Gasteiger partial charge in [-0.05, 0) is 109 Å². The second-order valence-electron chi connectivity index (χ2n) is 24.1. The van der Waals surface area contributed by atoms with Gasteiger partial charge in [0.15, 0.2) is 29.2 Å². The van der Waals surface area contributed by atoms with E-state index < -0.39 is 76.9 Å². The fraction of sp³-hybridized carbons (Fsp3) is 0.500. The van der Waals surface area contributed by atoms with Crippen LogP contribution in [-0.4, -0.2) is 167 Å². The molecule has 9 amide bonds. The van der Waals surface area contributed by atoms with Crippen molar-refractivity contribution in [2.45, 2.75) is 161 Å². The zero-order valence-corrected chi connectivity index (χ0v) is 53.3. The van der Waals surface area contributed by atoms with E-state index in [-0.39, 0.29) is 98.0 Å². The van der Waals surface area contributed by atoms with E-state index in [2.05, 4.69) is 38.9 Å². The normalized spacial score (nSPS) is 19.5. The summed E-state index contributed by atoms with van der Waals surface area (Å²) in [5.74, 6) is -2.47. The molecule has 5 N–H and O–H groups in total. The largest absolute Gasteiger partial charge is 0.493 e. The third-order valence-corrected chi connectivity index (χ3v) is 16.2. The first-order valence-electron chi connectivity index (χ1n) is 30.1. The molecule has 5 aliphatic heterocycles. The summed E-state index contributed by atoms with van der Waals surface area (Å²) in [5, 5.41) is 22.2. The van der Waals surface area contributed by atoms with Crippen LogP contribution in [0.4, 0.5) is 21.9 Å². The highest BCUT2D eigenvalue weighted by Crippen LogP contribution is 2.43. The summed E-state index contributed by atoms with van der Waals surface area (Å²) in [5.41, 5.74) is 2.84. The van der Waals surface area contributed by atoms with Crippen LogP contribution in [0.5, 0.6) is 23.0 Å². The molecule has 0 spiro atoms. The minimum Gasteiger partial charge on any atom is -0.493 e. The molecule has 3 aromatic rings. The van der Waals surface area contributed by atoms with Gasteiger partial charge in [0, 0.05) is 62.4 Å². The van der Waals surface area contributed by atoms with Gasteiger partial charge in [-0.1, -0.05) is 37.1 Å². The van der Waals surface area contributed by atoms with Crippen LogP contribution in [0, 0.1) is 5.92 Å². The van der Waals surface area contributed by atoms with Gasteiger partial charge in [0.2, 0.25) is 35.4 Å². The van der Waals surface area contributed by atoms with Crippen LogP contribution in [0.1, 0.15) is 133 Å². The Morgan fingerprint density at radius 3 is 2.04 bits per heavy atom. The predicted molar refractivity (Wildman–Crippen MR) is 335 cm³/mol. The van der Waals surface area contributed by atoms with E-state index in [1.165, 1.54) is 38.2 Å². The first-order valence-corrected chi connectivity index (χ1v) is 30.6. The number of nitrogens with zero attached hydrogens (tertiary/aromatic N) is 5. The number of hydrogen-bond donors (Lipinski definition) is 6. The van der Waals surface area contributed by atoms with Crippen LogP contribution in [0.15, 0.2) is 77.1 Å². The van der Waals surface area contributed by atoms with Crippen molar-refractivity contribution in [2.24, 2.45) is 10.9 Å². The number of fused-ring (bicyclic) bond motifs is 4. The van der Waals surface area contributed by atoms with Crippen molar-refractivity contribution in [1.29, 1.82) is 0 Å². The lowest BCUT2D eigenvalue weighted by Gasteiger charge is -2.31. The Balaban J connectivity index is 0.808. The number of aliphatic hydroxyl groups excluding tert-OH is 1. The van der Waals surface area contributed by atoms with Crippen molar-refractivity contribution in [1.82, 2.24) is 30.7 Å². The van der Waals surface area contributed by atoms with Crippen LogP contribution >= 0.6 is 12.6 Å². The Labute approximate surface area is 528 Å². The smallest absolute Gasteiger partial charge is 0.416 e. The summed E-state index contributed by atoms with van der Waals surface area (Å²) < 4.78 is 35.5. The number of nitrogens with one attached hydrogen (secondary N) is 4. The molecule has 90 heavy (non-hydrogen) atoms. The lowest BCUT2D eigenvalue weighted by molar-refractivity contribution is -0.139. The van der Waals surface area contributed by atoms with E-state index in [1.807, 2.05) is 20.0 Å². The Morgan fingerprint density at radius 2 is 1.40 bits per heavy atom. The number of thiol groups is 1. The van der Waals surface area contributed by atoms with Gasteiger partial charge < -0.3 is 64.6 Å². The topological polar surface area (TPSA) is 303 Å². The van der Waals surface area contributed by atoms with Gasteiger partial charge in [-0.2, -0.15) is 12.6 Å². The Bertz CT molecular complexity index is 3350. The monoisotopic (exact) mass is 1260 g/mol. The molecule has 1 saturated heterocycles. The maximum atomic E-state index is 14.3. The first kappa shape index (κ1) is 67.4. The fourth-order valence-corrected chi connectivity index (χ4v) is 11.5. The van der Waals surface area contributed by atoms with Crippen molar-refractivity contribution in [3.8, 4) is 23.0 Å². The van der Waals surface area contributed by atoms with E-state index in [4.69, 9.17) is 28.4 Å². The summed E-state index contributed by atoms with van der Waals surface area (Å²) in [6.07, 6.45) is 4.97. The van der Waals surface area contributed by atoms with E-state index in [0.29, 0.717) is 66.3 Å². The highest BCUT2D eigenvalue weighted by atomic mass is 32.1. The molecule has 7 atom stereocenters. The van der Waals surface area contributed by atoms with Crippen molar-refractivity contribution < 1.29 is 76.7 Å². The number of methoxy groups -OCH3 is 2. The Kier molecular flexibility index (Phi) is 22.1. The number of rotatable bonds is 27. The number of aliphatic imine (C=N–C) groups is 1. The van der Waals surface area contributed by atoms with E-state index in [9.17, 15) is 48.3 Å². The number of anilines is 2. The second-order valence-corrected chi connectivity index (χ2v) is 24.7. The van der Waals surface area contributed by atoms with Gasteiger partial charge in [0.25, 0.3) is 11.8 Å². The highest BCUT2D eigenvalue weighted by molar-refractivity contribution is 7.81. The zero-order valence-electron chi connectivity index (χ0n) is 52.4. The maximum Gasteiger partial charge on any atom is 0.416 e. The summed E-state index contributed by atoms with van der Waals surface area (Å²) in [6, 6.07) is 9.75. The molecular weight excluding hydrogens is 1180 g/mol. The molecule has 3 unspecified atom stereocenters. The number of likely N-dealkylation sites (tertiary alicyclic amines) is 1. The lowest BCUT2D eigenvalue weighted by Crippen LogP contribution is -2.54. The van der Waals surface area contributed by atoms with Crippen LogP contribution in [-0.2, 0) is 44.8 Å². The van der Waals surface area contributed by atoms with Crippen LogP contribution in [0.2, 0.25) is 0 Å². The number of imide groups is 1. The van der Waals surface area contributed by atoms with Crippen LogP contribution < -0.4 is 45.1 Å². The SMILES string of the molecule is COc1cc2c(cc1OCCCCCOc1cc3c(cc1OC)C(=O)N1C=C(C)C[C@H]1[C@H](O)N3C(=O)OCc1ccc(NC(=O)[C@H](C)NC(=O)C(NC(=O)CC(C)(C)OC(C)CNC(=O)CCN3C(=O)CC(S)C3=O)C(C)C)cc1)N=C[C@@H]1CC(C)=CN1C2=O. The Morgan fingerprint density at radius 1 is 0.767 bits per heavy atom. The number of aliphatic hydroxyl groups is 1. The molecule has 1 fully saturated rings. The quantitative estimate of drug-likeness (QED) is 0.0270. The molecule has 3 aromatic carbocycles. The molecule has 484 valence electrons. The van der Waals surface area contributed by atoms with Crippen molar-refractivity contribution in [2.75, 3.05) is 50.7 Å². The molecular formula is C64H81N9O16S.